The normalized spacial score (nSPS) is 13.3. The summed E-state index contributed by atoms with van der Waals surface area (Å²) in [7, 11) is 1.57. The number of hydrogen-bond acceptors (Lipinski definition) is 5. The van der Waals surface area contributed by atoms with Gasteiger partial charge in [0.05, 0.1) is 6.34 Å². The van der Waals surface area contributed by atoms with Crippen LogP contribution in [0.15, 0.2) is 41.4 Å². The molecule has 0 aliphatic rings. The van der Waals surface area contributed by atoms with E-state index in [1.807, 2.05) is 13.8 Å². The largest absolute Gasteiger partial charge is 0.483 e. The lowest BCUT2D eigenvalue weighted by Gasteiger charge is -2.20. The summed E-state index contributed by atoms with van der Waals surface area (Å²) in [6, 6.07) is 0. The van der Waals surface area contributed by atoms with Crippen LogP contribution < -0.4 is 16.0 Å². The Bertz CT molecular complexity index is 588. The van der Waals surface area contributed by atoms with Crippen molar-refractivity contribution in [1.29, 1.82) is 0 Å². The van der Waals surface area contributed by atoms with Gasteiger partial charge in [0.2, 0.25) is 5.91 Å². The molecule has 0 aromatic carbocycles. The first-order valence-corrected chi connectivity index (χ1v) is 8.12. The van der Waals surface area contributed by atoms with Gasteiger partial charge < -0.3 is 25.4 Å². The van der Waals surface area contributed by atoms with Crippen molar-refractivity contribution in [2.75, 3.05) is 13.6 Å². The molecule has 2 amide bonds. The predicted octanol–water partition coefficient (Wildman–Crippen LogP) is 2.21. The summed E-state index contributed by atoms with van der Waals surface area (Å²) in [6.07, 6.45) is 1.87. The zero-order valence-corrected chi connectivity index (χ0v) is 16.4. The van der Waals surface area contributed by atoms with Crippen LogP contribution in [0.3, 0.4) is 0 Å². The number of aliphatic imine (C=N–C) groups is 1. The van der Waals surface area contributed by atoms with Crippen LogP contribution in [-0.2, 0) is 14.3 Å². The average molecular weight is 366 g/mol. The van der Waals surface area contributed by atoms with Crippen molar-refractivity contribution in [3.63, 3.8) is 0 Å². The summed E-state index contributed by atoms with van der Waals surface area (Å²) in [5.41, 5.74) is 0.165. The Morgan fingerprint density at radius 1 is 1.31 bits per heavy atom. The molecule has 0 aromatic heterocycles. The van der Waals surface area contributed by atoms with E-state index in [4.69, 9.17) is 9.47 Å². The summed E-state index contributed by atoms with van der Waals surface area (Å²) in [5.74, 6) is 0.0782. The maximum atomic E-state index is 12.1. The number of allylic oxidation sites excluding steroid dienone is 1. The van der Waals surface area contributed by atoms with E-state index in [9.17, 15) is 9.59 Å². The first kappa shape index (κ1) is 23.2. The van der Waals surface area contributed by atoms with Gasteiger partial charge in [-0.15, -0.1) is 0 Å². The third-order valence-corrected chi connectivity index (χ3v) is 2.82. The fraction of sp³-hybridized carbons (Fsp3) is 0.500. The topological polar surface area (TPSA) is 101 Å². The van der Waals surface area contributed by atoms with Gasteiger partial charge in [0.1, 0.15) is 18.2 Å². The van der Waals surface area contributed by atoms with Crippen LogP contribution in [0.1, 0.15) is 34.6 Å². The van der Waals surface area contributed by atoms with Crippen LogP contribution in [0.25, 0.3) is 0 Å². The Hall–Kier alpha value is -2.77. The minimum atomic E-state index is -0.683. The van der Waals surface area contributed by atoms with E-state index < -0.39 is 17.6 Å². The van der Waals surface area contributed by atoms with Crippen LogP contribution in [0.2, 0.25) is 0 Å². The maximum absolute atomic E-state index is 12.1. The summed E-state index contributed by atoms with van der Waals surface area (Å²) in [5, 5.41) is 7.79. The zero-order valence-electron chi connectivity index (χ0n) is 16.4. The molecule has 26 heavy (non-hydrogen) atoms. The summed E-state index contributed by atoms with van der Waals surface area (Å²) in [4.78, 5) is 27.5. The number of ether oxygens (including phenoxy) is 2. The second kappa shape index (κ2) is 11.0. The van der Waals surface area contributed by atoms with E-state index in [2.05, 4.69) is 34.1 Å². The Labute approximate surface area is 155 Å². The van der Waals surface area contributed by atoms with Gasteiger partial charge in [-0.3, -0.25) is 9.79 Å². The summed E-state index contributed by atoms with van der Waals surface area (Å²) in [6.45, 7) is 16.1. The van der Waals surface area contributed by atoms with Crippen LogP contribution in [0.4, 0.5) is 4.79 Å². The van der Waals surface area contributed by atoms with E-state index in [0.29, 0.717) is 5.76 Å². The van der Waals surface area contributed by atoms with Crippen LogP contribution in [0.5, 0.6) is 0 Å². The highest BCUT2D eigenvalue weighted by atomic mass is 16.6. The van der Waals surface area contributed by atoms with E-state index in [1.165, 1.54) is 12.4 Å². The minimum Gasteiger partial charge on any atom is -0.483 e. The lowest BCUT2D eigenvalue weighted by atomic mass is 10.2. The molecule has 0 rings (SSSR count). The summed E-state index contributed by atoms with van der Waals surface area (Å²) < 4.78 is 10.8. The van der Waals surface area contributed by atoms with Crippen molar-refractivity contribution < 1.29 is 19.1 Å². The molecule has 8 nitrogen and oxygen atoms in total. The molecule has 1 atom stereocenters. The Morgan fingerprint density at radius 2 is 1.92 bits per heavy atom. The van der Waals surface area contributed by atoms with E-state index in [0.717, 1.165) is 5.57 Å². The number of alkyl carbamates (subject to hydrolysis) is 1. The van der Waals surface area contributed by atoms with Crippen LogP contribution in [0, 0.1) is 0 Å². The number of nitrogens with one attached hydrogen (secondary N) is 3. The minimum absolute atomic E-state index is 0.245. The second-order valence-electron chi connectivity index (χ2n) is 6.49. The lowest BCUT2D eigenvalue weighted by molar-refractivity contribution is -0.119. The molecule has 0 radical (unpaired) electrons. The average Bonchev–Trinajstić information content (AvgIpc) is 2.52. The van der Waals surface area contributed by atoms with Gasteiger partial charge in [-0.05, 0) is 46.3 Å². The lowest BCUT2D eigenvalue weighted by Crippen LogP contribution is -2.41. The third kappa shape index (κ3) is 10.2. The highest BCUT2D eigenvalue weighted by Gasteiger charge is 2.17. The number of carbonyl (C=O) groups excluding carboxylic acids is 2. The molecule has 146 valence electrons. The van der Waals surface area contributed by atoms with Gasteiger partial charge in [0.25, 0.3) is 0 Å². The third-order valence-electron chi connectivity index (χ3n) is 2.82. The van der Waals surface area contributed by atoms with Gasteiger partial charge in [-0.25, -0.2) is 4.79 Å². The van der Waals surface area contributed by atoms with Crippen molar-refractivity contribution in [3.05, 3.63) is 36.4 Å². The highest BCUT2D eigenvalue weighted by Crippen LogP contribution is 2.12. The van der Waals surface area contributed by atoms with Crippen molar-refractivity contribution in [3.8, 4) is 0 Å². The molecule has 0 spiro atoms. The molecule has 0 heterocycles. The van der Waals surface area contributed by atoms with Gasteiger partial charge in [-0.1, -0.05) is 13.2 Å². The van der Waals surface area contributed by atoms with Crippen molar-refractivity contribution in [1.82, 2.24) is 16.0 Å². The number of hydrogen-bond donors (Lipinski definition) is 3. The smallest absolute Gasteiger partial charge is 0.408 e. The molecule has 0 aliphatic carbocycles. The van der Waals surface area contributed by atoms with Crippen LogP contribution >= 0.6 is 0 Å². The Morgan fingerprint density at radius 3 is 2.38 bits per heavy atom. The van der Waals surface area contributed by atoms with Gasteiger partial charge >= 0.3 is 6.09 Å². The fourth-order valence-corrected chi connectivity index (χ4v) is 1.45. The number of rotatable bonds is 9. The second-order valence-corrected chi connectivity index (χ2v) is 6.49. The van der Waals surface area contributed by atoms with Crippen molar-refractivity contribution in [2.24, 2.45) is 4.99 Å². The monoisotopic (exact) mass is 366 g/mol. The molecular formula is C18H30N4O4. The SMILES string of the molecule is C=C/C(O[C@H](C)C(=C)C)=C(\NC=NC)NC(=O)CNC(=O)OC(C)(C)C. The van der Waals surface area contributed by atoms with Gasteiger partial charge in [0.15, 0.2) is 11.6 Å². The van der Waals surface area contributed by atoms with Gasteiger partial charge in [0, 0.05) is 7.05 Å². The molecule has 8 heteroatoms. The molecular weight excluding hydrogens is 336 g/mol. The number of amides is 2. The standard InChI is InChI=1S/C18H30N4O4/c1-9-14(25-13(4)12(2)3)16(21-11-19-8)22-15(23)10-20-17(24)26-18(5,6)7/h9,11,13H,1-2,10H2,3-8H3,(H,19,21)(H,20,24)(H,22,23)/b16-14-/t13-/m1/s1. The van der Waals surface area contributed by atoms with E-state index >= 15 is 0 Å². The Kier molecular flexibility index (Phi) is 9.80. The number of carbonyl (C=O) groups is 2. The fourth-order valence-electron chi connectivity index (χ4n) is 1.45. The van der Waals surface area contributed by atoms with E-state index in [1.54, 1.807) is 27.8 Å². The predicted molar refractivity (Wildman–Crippen MR) is 103 cm³/mol. The molecule has 0 aromatic rings. The first-order chi connectivity index (χ1) is 12.0. The van der Waals surface area contributed by atoms with E-state index in [-0.39, 0.29) is 18.5 Å². The summed E-state index contributed by atoms with van der Waals surface area (Å²) >= 11 is 0. The van der Waals surface area contributed by atoms with Gasteiger partial charge in [-0.2, -0.15) is 0 Å². The molecule has 0 fully saturated rings. The number of nitrogens with zero attached hydrogens (tertiary/aromatic N) is 1. The molecule has 0 bridgehead atoms. The van der Waals surface area contributed by atoms with Crippen LogP contribution in [-0.4, -0.2) is 43.6 Å². The molecule has 0 saturated carbocycles. The maximum Gasteiger partial charge on any atom is 0.408 e. The first-order valence-electron chi connectivity index (χ1n) is 8.12. The zero-order chi connectivity index (χ0) is 20.3. The molecule has 3 N–H and O–H groups in total. The Balaban J connectivity index is 5.05. The van der Waals surface area contributed by atoms with Crippen molar-refractivity contribution >= 4 is 18.3 Å². The molecule has 0 saturated heterocycles. The van der Waals surface area contributed by atoms with Crippen molar-refractivity contribution in [2.45, 2.75) is 46.3 Å². The molecule has 0 aliphatic heterocycles. The quantitative estimate of drug-likeness (QED) is 0.191. The highest BCUT2D eigenvalue weighted by molar-refractivity contribution is 5.84. The molecule has 0 unspecified atom stereocenters.